The van der Waals surface area contributed by atoms with Gasteiger partial charge in [-0.1, -0.05) is 48.5 Å². The molecule has 4 rings (SSSR count). The standard InChI is InChI=1S/C21H16FN3O/c22-17-13-11-15(12-14-17)19(23-18-9-5-2-6-10-18)21-25-24-20(26-21)16-7-3-1-4-8-16/h1-14,19,23H/t19-/m1/s1. The molecule has 0 saturated heterocycles. The van der Waals surface area contributed by atoms with Crippen molar-refractivity contribution >= 4 is 5.69 Å². The summed E-state index contributed by atoms with van der Waals surface area (Å²) in [6.45, 7) is 0. The highest BCUT2D eigenvalue weighted by Gasteiger charge is 2.21. The molecule has 0 bridgehead atoms. The summed E-state index contributed by atoms with van der Waals surface area (Å²) >= 11 is 0. The minimum Gasteiger partial charge on any atom is -0.418 e. The zero-order valence-electron chi connectivity index (χ0n) is 13.8. The molecular weight excluding hydrogens is 329 g/mol. The van der Waals surface area contributed by atoms with E-state index >= 15 is 0 Å². The molecule has 4 aromatic rings. The van der Waals surface area contributed by atoms with Gasteiger partial charge in [0.15, 0.2) is 0 Å². The highest BCUT2D eigenvalue weighted by molar-refractivity contribution is 5.52. The van der Waals surface area contributed by atoms with E-state index in [1.165, 1.54) is 12.1 Å². The highest BCUT2D eigenvalue weighted by Crippen LogP contribution is 2.28. The second kappa shape index (κ2) is 7.19. The quantitative estimate of drug-likeness (QED) is 0.548. The first kappa shape index (κ1) is 16.0. The molecule has 26 heavy (non-hydrogen) atoms. The second-order valence-electron chi connectivity index (χ2n) is 5.81. The summed E-state index contributed by atoms with van der Waals surface area (Å²) in [7, 11) is 0. The Kier molecular flexibility index (Phi) is 4.43. The summed E-state index contributed by atoms with van der Waals surface area (Å²) in [5, 5.41) is 11.8. The summed E-state index contributed by atoms with van der Waals surface area (Å²) in [4.78, 5) is 0. The van der Waals surface area contributed by atoms with E-state index in [-0.39, 0.29) is 11.9 Å². The SMILES string of the molecule is Fc1ccc([C@@H](Nc2ccccc2)c2nnc(-c3ccccc3)o2)cc1. The molecule has 1 aromatic heterocycles. The summed E-state index contributed by atoms with van der Waals surface area (Å²) in [5.41, 5.74) is 2.59. The van der Waals surface area contributed by atoms with Gasteiger partial charge in [-0.25, -0.2) is 4.39 Å². The number of nitrogens with zero attached hydrogens (tertiary/aromatic N) is 2. The summed E-state index contributed by atoms with van der Waals surface area (Å²) < 4.78 is 19.2. The van der Waals surface area contributed by atoms with Gasteiger partial charge in [-0.2, -0.15) is 0 Å². The fraction of sp³-hybridized carbons (Fsp3) is 0.0476. The summed E-state index contributed by atoms with van der Waals surface area (Å²) in [6, 6.07) is 25.2. The van der Waals surface area contributed by atoms with Gasteiger partial charge >= 0.3 is 0 Å². The molecule has 0 amide bonds. The van der Waals surface area contributed by atoms with Gasteiger partial charge in [0, 0.05) is 11.3 Å². The van der Waals surface area contributed by atoms with Crippen LogP contribution in [-0.4, -0.2) is 10.2 Å². The molecule has 1 heterocycles. The Morgan fingerprint density at radius 2 is 1.42 bits per heavy atom. The van der Waals surface area contributed by atoms with E-state index in [9.17, 15) is 4.39 Å². The van der Waals surface area contributed by atoms with E-state index < -0.39 is 0 Å². The average Bonchev–Trinajstić information content (AvgIpc) is 3.18. The first-order valence-corrected chi connectivity index (χ1v) is 8.25. The maximum atomic E-state index is 13.3. The molecule has 0 radical (unpaired) electrons. The van der Waals surface area contributed by atoms with Crippen LogP contribution in [0.3, 0.4) is 0 Å². The van der Waals surface area contributed by atoms with Gasteiger partial charge in [0.25, 0.3) is 0 Å². The molecule has 0 aliphatic heterocycles. The lowest BCUT2D eigenvalue weighted by atomic mass is 10.1. The van der Waals surface area contributed by atoms with E-state index in [1.807, 2.05) is 60.7 Å². The van der Waals surface area contributed by atoms with Crippen LogP contribution in [0.5, 0.6) is 0 Å². The van der Waals surface area contributed by atoms with Gasteiger partial charge in [-0.3, -0.25) is 0 Å². The fourth-order valence-corrected chi connectivity index (χ4v) is 2.69. The van der Waals surface area contributed by atoms with Crippen molar-refractivity contribution in [2.24, 2.45) is 0 Å². The fourth-order valence-electron chi connectivity index (χ4n) is 2.69. The zero-order valence-corrected chi connectivity index (χ0v) is 13.8. The summed E-state index contributed by atoms with van der Waals surface area (Å²) in [5.74, 6) is 0.574. The van der Waals surface area contributed by atoms with E-state index in [1.54, 1.807) is 12.1 Å². The van der Waals surface area contributed by atoms with Crippen molar-refractivity contribution in [3.8, 4) is 11.5 Å². The lowest BCUT2D eigenvalue weighted by Crippen LogP contribution is -2.13. The van der Waals surface area contributed by atoms with E-state index in [4.69, 9.17) is 4.42 Å². The number of nitrogens with one attached hydrogen (secondary N) is 1. The molecule has 1 N–H and O–H groups in total. The number of para-hydroxylation sites is 1. The van der Waals surface area contributed by atoms with Crippen molar-refractivity contribution in [1.29, 1.82) is 0 Å². The van der Waals surface area contributed by atoms with Crippen LogP contribution in [0.1, 0.15) is 17.5 Å². The number of aromatic nitrogens is 2. The lowest BCUT2D eigenvalue weighted by molar-refractivity contribution is 0.494. The van der Waals surface area contributed by atoms with Crippen molar-refractivity contribution in [1.82, 2.24) is 10.2 Å². The summed E-state index contributed by atoms with van der Waals surface area (Å²) in [6.07, 6.45) is 0. The van der Waals surface area contributed by atoms with Crippen LogP contribution in [0, 0.1) is 5.82 Å². The maximum absolute atomic E-state index is 13.3. The minimum atomic E-state index is -0.386. The Bertz CT molecular complexity index is 969. The molecule has 128 valence electrons. The van der Waals surface area contributed by atoms with Gasteiger partial charge in [0.2, 0.25) is 11.8 Å². The largest absolute Gasteiger partial charge is 0.418 e. The number of hydrogen-bond acceptors (Lipinski definition) is 4. The number of rotatable bonds is 5. The molecular formula is C21H16FN3O. The van der Waals surface area contributed by atoms with Crippen molar-refractivity contribution < 1.29 is 8.81 Å². The lowest BCUT2D eigenvalue weighted by Gasteiger charge is -2.17. The van der Waals surface area contributed by atoms with Gasteiger partial charge in [-0.05, 0) is 42.0 Å². The van der Waals surface area contributed by atoms with Crippen molar-refractivity contribution in [3.05, 3.63) is 102 Å². The molecule has 0 saturated carbocycles. The smallest absolute Gasteiger partial charge is 0.247 e. The van der Waals surface area contributed by atoms with Gasteiger partial charge in [0.1, 0.15) is 11.9 Å². The predicted molar refractivity (Wildman–Crippen MR) is 98.0 cm³/mol. The van der Waals surface area contributed by atoms with Crippen molar-refractivity contribution in [2.75, 3.05) is 5.32 Å². The Morgan fingerprint density at radius 3 is 2.12 bits per heavy atom. The van der Waals surface area contributed by atoms with Crippen LogP contribution in [-0.2, 0) is 0 Å². The number of halogens is 1. The maximum Gasteiger partial charge on any atom is 0.247 e. The third-order valence-corrected chi connectivity index (χ3v) is 4.00. The Morgan fingerprint density at radius 1 is 0.769 bits per heavy atom. The van der Waals surface area contributed by atoms with Crippen LogP contribution in [0.4, 0.5) is 10.1 Å². The number of anilines is 1. The first-order chi connectivity index (χ1) is 12.8. The minimum absolute atomic E-state index is 0.289. The number of benzene rings is 3. The van der Waals surface area contributed by atoms with E-state index in [2.05, 4.69) is 15.5 Å². The highest BCUT2D eigenvalue weighted by atomic mass is 19.1. The molecule has 0 aliphatic carbocycles. The van der Waals surface area contributed by atoms with Crippen LogP contribution in [0.15, 0.2) is 89.3 Å². The van der Waals surface area contributed by atoms with Crippen LogP contribution in [0.2, 0.25) is 0 Å². The van der Waals surface area contributed by atoms with Gasteiger partial charge < -0.3 is 9.73 Å². The van der Waals surface area contributed by atoms with Crippen LogP contribution < -0.4 is 5.32 Å². The third-order valence-electron chi connectivity index (χ3n) is 4.00. The number of hydrogen-bond donors (Lipinski definition) is 1. The van der Waals surface area contributed by atoms with E-state index in [0.29, 0.717) is 11.8 Å². The monoisotopic (exact) mass is 345 g/mol. The molecule has 0 fully saturated rings. The van der Waals surface area contributed by atoms with E-state index in [0.717, 1.165) is 16.8 Å². The first-order valence-electron chi connectivity index (χ1n) is 8.25. The van der Waals surface area contributed by atoms with Gasteiger partial charge in [-0.15, -0.1) is 10.2 Å². The molecule has 3 aromatic carbocycles. The molecule has 0 aliphatic rings. The molecule has 0 unspecified atom stereocenters. The molecule has 4 nitrogen and oxygen atoms in total. The van der Waals surface area contributed by atoms with Crippen LogP contribution >= 0.6 is 0 Å². The third kappa shape index (κ3) is 3.47. The topological polar surface area (TPSA) is 51.0 Å². The Labute approximate surface area is 150 Å². The Balaban J connectivity index is 1.71. The second-order valence-corrected chi connectivity index (χ2v) is 5.81. The van der Waals surface area contributed by atoms with Crippen molar-refractivity contribution in [3.63, 3.8) is 0 Å². The van der Waals surface area contributed by atoms with Gasteiger partial charge in [0.05, 0.1) is 0 Å². The predicted octanol–water partition coefficient (Wildman–Crippen LogP) is 5.08. The Hall–Kier alpha value is -3.47. The molecule has 0 spiro atoms. The average molecular weight is 345 g/mol. The zero-order chi connectivity index (χ0) is 17.8. The van der Waals surface area contributed by atoms with Crippen molar-refractivity contribution in [2.45, 2.75) is 6.04 Å². The molecule has 1 atom stereocenters. The molecule has 5 heteroatoms. The van der Waals surface area contributed by atoms with Crippen LogP contribution in [0.25, 0.3) is 11.5 Å². The normalized spacial score (nSPS) is 11.9.